The highest BCUT2D eigenvalue weighted by atomic mass is 16.5. The predicted octanol–water partition coefficient (Wildman–Crippen LogP) is 5.00. The molecule has 5 rings (SSSR count). The van der Waals surface area contributed by atoms with Gasteiger partial charge in [-0.1, -0.05) is 31.7 Å². The number of anilines is 2. The van der Waals surface area contributed by atoms with Crippen LogP contribution in [0.1, 0.15) is 61.3 Å². The van der Waals surface area contributed by atoms with Crippen LogP contribution in [0, 0.1) is 5.41 Å². The van der Waals surface area contributed by atoms with Crippen LogP contribution in [0.25, 0.3) is 11.1 Å². The van der Waals surface area contributed by atoms with Crippen LogP contribution in [-0.2, 0) is 16.1 Å². The minimum absolute atomic E-state index is 0.186. The molecule has 0 bridgehead atoms. The summed E-state index contributed by atoms with van der Waals surface area (Å²) >= 11 is 0. The molecule has 0 atom stereocenters. The number of morpholine rings is 1. The third-order valence-corrected chi connectivity index (χ3v) is 7.51. The number of rotatable bonds is 7. The van der Waals surface area contributed by atoms with Crippen LogP contribution in [-0.4, -0.2) is 52.8 Å². The summed E-state index contributed by atoms with van der Waals surface area (Å²) in [6.45, 7) is 4.11. The molecule has 1 saturated heterocycles. The molecule has 8 heteroatoms. The standard InChI is InChI=1S/C30H36N6O2/c31-27-9-7-23(24-15-21(17-33-18-24)20-36-11-13-38-14-12-36)16-26(27)29(32)30(37)35-25-8-10-28(34-19-25)22-5-3-1-2-4-6-22/h7-10,15-19,22,32H,1-6,11-14,20,31H2,(H,35,37). The zero-order chi connectivity index (χ0) is 26.3. The number of nitrogens with one attached hydrogen (secondary N) is 2. The first-order chi connectivity index (χ1) is 18.6. The molecule has 2 fully saturated rings. The van der Waals surface area contributed by atoms with Crippen LogP contribution in [0.4, 0.5) is 11.4 Å². The lowest BCUT2D eigenvalue weighted by molar-refractivity contribution is -0.110. The quantitative estimate of drug-likeness (QED) is 0.233. The monoisotopic (exact) mass is 512 g/mol. The van der Waals surface area contributed by atoms with E-state index in [-0.39, 0.29) is 5.71 Å². The van der Waals surface area contributed by atoms with Crippen LogP contribution in [0.3, 0.4) is 0 Å². The maximum absolute atomic E-state index is 13.0. The van der Waals surface area contributed by atoms with Crippen molar-refractivity contribution in [3.8, 4) is 11.1 Å². The van der Waals surface area contributed by atoms with Crippen molar-refractivity contribution in [1.82, 2.24) is 14.9 Å². The number of carbonyl (C=O) groups excluding carboxylic acids is 1. The SMILES string of the molecule is N=C(C(=O)Nc1ccc(C2CCCCCC2)nc1)c1cc(-c2cncc(CN3CCOCC3)c2)ccc1N. The molecule has 1 saturated carbocycles. The Balaban J connectivity index is 1.27. The van der Waals surface area contributed by atoms with E-state index in [0.717, 1.165) is 55.2 Å². The second kappa shape index (κ2) is 12.3. The summed E-state index contributed by atoms with van der Waals surface area (Å²) in [5.41, 5.74) is 11.3. The van der Waals surface area contributed by atoms with Crippen molar-refractivity contribution in [3.63, 3.8) is 0 Å². The Morgan fingerprint density at radius 3 is 2.53 bits per heavy atom. The zero-order valence-electron chi connectivity index (χ0n) is 21.8. The number of amides is 1. The molecule has 1 aromatic carbocycles. The van der Waals surface area contributed by atoms with E-state index in [1.807, 2.05) is 24.4 Å². The number of benzene rings is 1. The van der Waals surface area contributed by atoms with Gasteiger partial charge in [0, 0.05) is 60.5 Å². The van der Waals surface area contributed by atoms with Gasteiger partial charge in [-0.15, -0.1) is 0 Å². The Bertz CT molecular complexity index is 1260. The fourth-order valence-corrected chi connectivity index (χ4v) is 5.31. The van der Waals surface area contributed by atoms with Gasteiger partial charge < -0.3 is 15.8 Å². The third kappa shape index (κ3) is 6.44. The topological polar surface area (TPSA) is 117 Å². The Morgan fingerprint density at radius 2 is 1.79 bits per heavy atom. The van der Waals surface area contributed by atoms with Crippen molar-refractivity contribution in [2.45, 2.75) is 51.0 Å². The average molecular weight is 513 g/mol. The lowest BCUT2D eigenvalue weighted by Crippen LogP contribution is -2.35. The van der Waals surface area contributed by atoms with Crippen LogP contribution >= 0.6 is 0 Å². The van der Waals surface area contributed by atoms with Crippen molar-refractivity contribution in [2.24, 2.45) is 0 Å². The fourth-order valence-electron chi connectivity index (χ4n) is 5.31. The van der Waals surface area contributed by atoms with E-state index in [2.05, 4.69) is 26.3 Å². The molecule has 2 aromatic heterocycles. The molecule has 4 N–H and O–H groups in total. The summed E-state index contributed by atoms with van der Waals surface area (Å²) in [5.74, 6) is -0.0259. The van der Waals surface area contributed by atoms with E-state index < -0.39 is 5.91 Å². The smallest absolute Gasteiger partial charge is 0.274 e. The van der Waals surface area contributed by atoms with Gasteiger partial charge in [-0.05, 0) is 54.3 Å². The van der Waals surface area contributed by atoms with E-state index in [0.29, 0.717) is 22.9 Å². The molecule has 0 radical (unpaired) electrons. The Hall–Kier alpha value is -3.62. The summed E-state index contributed by atoms with van der Waals surface area (Å²) in [4.78, 5) is 24.4. The third-order valence-electron chi connectivity index (χ3n) is 7.51. The Labute approximate surface area is 224 Å². The summed E-state index contributed by atoms with van der Waals surface area (Å²) in [6, 6.07) is 11.4. The van der Waals surface area contributed by atoms with Gasteiger partial charge >= 0.3 is 0 Å². The maximum atomic E-state index is 13.0. The maximum Gasteiger partial charge on any atom is 0.274 e. The number of carbonyl (C=O) groups is 1. The van der Waals surface area contributed by atoms with E-state index in [1.165, 1.54) is 38.5 Å². The van der Waals surface area contributed by atoms with Gasteiger partial charge in [0.25, 0.3) is 5.91 Å². The van der Waals surface area contributed by atoms with Crippen molar-refractivity contribution >= 4 is 23.0 Å². The van der Waals surface area contributed by atoms with Gasteiger partial charge in [-0.2, -0.15) is 0 Å². The fraction of sp³-hybridized carbons (Fsp3) is 0.400. The number of nitrogens with zero attached hydrogens (tertiary/aromatic N) is 3. The van der Waals surface area contributed by atoms with Crippen LogP contribution in [0.15, 0.2) is 55.0 Å². The van der Waals surface area contributed by atoms with Gasteiger partial charge in [0.05, 0.1) is 25.1 Å². The highest BCUT2D eigenvalue weighted by molar-refractivity contribution is 6.48. The molecule has 198 valence electrons. The molecule has 8 nitrogen and oxygen atoms in total. The summed E-state index contributed by atoms with van der Waals surface area (Å²) in [6.07, 6.45) is 12.8. The number of hydrogen-bond acceptors (Lipinski definition) is 7. The molecule has 3 aromatic rings. The number of ether oxygens (including phenoxy) is 1. The number of aromatic nitrogens is 2. The minimum Gasteiger partial charge on any atom is -0.398 e. The van der Waals surface area contributed by atoms with Crippen molar-refractivity contribution < 1.29 is 9.53 Å². The van der Waals surface area contributed by atoms with E-state index in [4.69, 9.17) is 15.9 Å². The molecule has 1 aliphatic carbocycles. The van der Waals surface area contributed by atoms with E-state index in [9.17, 15) is 4.79 Å². The van der Waals surface area contributed by atoms with Crippen LogP contribution < -0.4 is 11.1 Å². The zero-order valence-corrected chi connectivity index (χ0v) is 21.8. The van der Waals surface area contributed by atoms with Gasteiger partial charge in [0.2, 0.25) is 0 Å². The first-order valence-electron chi connectivity index (χ1n) is 13.6. The second-order valence-electron chi connectivity index (χ2n) is 10.3. The predicted molar refractivity (Wildman–Crippen MR) is 150 cm³/mol. The first kappa shape index (κ1) is 26.0. The largest absolute Gasteiger partial charge is 0.398 e. The lowest BCUT2D eigenvalue weighted by atomic mass is 9.96. The minimum atomic E-state index is -0.517. The highest BCUT2D eigenvalue weighted by Crippen LogP contribution is 2.31. The van der Waals surface area contributed by atoms with Crippen molar-refractivity contribution in [3.05, 3.63) is 71.8 Å². The number of nitrogen functional groups attached to an aromatic ring is 1. The molecular weight excluding hydrogens is 476 g/mol. The number of nitrogens with two attached hydrogens (primary N) is 1. The molecule has 38 heavy (non-hydrogen) atoms. The molecule has 1 amide bonds. The molecule has 0 spiro atoms. The number of pyridine rings is 2. The average Bonchev–Trinajstić information content (AvgIpc) is 3.24. The molecule has 1 aliphatic heterocycles. The van der Waals surface area contributed by atoms with Crippen molar-refractivity contribution in [1.29, 1.82) is 5.41 Å². The Kier molecular flexibility index (Phi) is 8.41. The van der Waals surface area contributed by atoms with Gasteiger partial charge in [0.1, 0.15) is 5.71 Å². The second-order valence-corrected chi connectivity index (χ2v) is 10.3. The van der Waals surface area contributed by atoms with E-state index >= 15 is 0 Å². The van der Waals surface area contributed by atoms with Gasteiger partial charge in [-0.3, -0.25) is 25.1 Å². The molecule has 0 unspecified atom stereocenters. The summed E-state index contributed by atoms with van der Waals surface area (Å²) in [7, 11) is 0. The van der Waals surface area contributed by atoms with Gasteiger partial charge in [-0.25, -0.2) is 0 Å². The number of hydrogen-bond donors (Lipinski definition) is 3. The molecule has 2 aliphatic rings. The summed E-state index contributed by atoms with van der Waals surface area (Å²) in [5, 5.41) is 11.4. The first-order valence-corrected chi connectivity index (χ1v) is 13.6. The van der Waals surface area contributed by atoms with Crippen LogP contribution in [0.5, 0.6) is 0 Å². The van der Waals surface area contributed by atoms with E-state index in [1.54, 1.807) is 24.5 Å². The summed E-state index contributed by atoms with van der Waals surface area (Å²) < 4.78 is 5.44. The normalized spacial score (nSPS) is 17.1. The highest BCUT2D eigenvalue weighted by Gasteiger charge is 2.19. The molecular formula is C30H36N6O2. The lowest BCUT2D eigenvalue weighted by Gasteiger charge is -2.26. The Morgan fingerprint density at radius 1 is 1.00 bits per heavy atom. The van der Waals surface area contributed by atoms with Crippen molar-refractivity contribution in [2.75, 3.05) is 37.4 Å². The molecule has 3 heterocycles. The van der Waals surface area contributed by atoms with Gasteiger partial charge in [0.15, 0.2) is 0 Å². The van der Waals surface area contributed by atoms with Crippen LogP contribution in [0.2, 0.25) is 0 Å².